The second-order valence-electron chi connectivity index (χ2n) is 6.67. The lowest BCUT2D eigenvalue weighted by Gasteiger charge is -2.30. The summed E-state index contributed by atoms with van der Waals surface area (Å²) in [6.45, 7) is 10.2. The van der Waals surface area contributed by atoms with Crippen molar-refractivity contribution in [1.82, 2.24) is 0 Å². The Balaban J connectivity index is 2.13. The fourth-order valence-electron chi connectivity index (χ4n) is 2.71. The molecule has 0 amide bonds. The van der Waals surface area contributed by atoms with Gasteiger partial charge >= 0.3 is 0 Å². The van der Waals surface area contributed by atoms with E-state index in [9.17, 15) is 0 Å². The molecular formula is C18H30N2. The molecule has 0 radical (unpaired) electrons. The SMILES string of the molecule is CCC(N)Cc1ccc(N(CC2CC2)C(C)C)cc1C. The van der Waals surface area contributed by atoms with Gasteiger partial charge in [-0.05, 0) is 75.6 Å². The quantitative estimate of drug-likeness (QED) is 0.817. The van der Waals surface area contributed by atoms with Crippen LogP contribution in [0.3, 0.4) is 0 Å². The number of anilines is 1. The molecule has 2 nitrogen and oxygen atoms in total. The minimum Gasteiger partial charge on any atom is -0.369 e. The molecule has 1 atom stereocenters. The van der Waals surface area contributed by atoms with E-state index in [1.807, 2.05) is 0 Å². The van der Waals surface area contributed by atoms with Crippen molar-refractivity contribution in [2.45, 2.75) is 65.5 Å². The van der Waals surface area contributed by atoms with Crippen molar-refractivity contribution >= 4 is 5.69 Å². The van der Waals surface area contributed by atoms with Gasteiger partial charge in [0, 0.05) is 24.3 Å². The number of rotatable bonds is 7. The first-order valence-corrected chi connectivity index (χ1v) is 8.13. The minimum absolute atomic E-state index is 0.284. The van der Waals surface area contributed by atoms with Crippen LogP contribution in [0.25, 0.3) is 0 Å². The van der Waals surface area contributed by atoms with E-state index in [1.54, 1.807) is 0 Å². The number of nitrogens with zero attached hydrogens (tertiary/aromatic N) is 1. The average Bonchev–Trinajstić information content (AvgIpc) is 3.22. The molecule has 1 aliphatic carbocycles. The third-order valence-electron chi connectivity index (χ3n) is 4.44. The van der Waals surface area contributed by atoms with Crippen LogP contribution in [0.15, 0.2) is 18.2 Å². The van der Waals surface area contributed by atoms with E-state index in [1.165, 1.54) is 36.2 Å². The van der Waals surface area contributed by atoms with Crippen molar-refractivity contribution in [2.24, 2.45) is 11.7 Å². The van der Waals surface area contributed by atoms with E-state index in [2.05, 4.69) is 50.8 Å². The second kappa shape index (κ2) is 6.62. The summed E-state index contributed by atoms with van der Waals surface area (Å²) in [5.74, 6) is 0.922. The van der Waals surface area contributed by atoms with Crippen molar-refractivity contribution in [2.75, 3.05) is 11.4 Å². The van der Waals surface area contributed by atoms with Crippen LogP contribution in [0.2, 0.25) is 0 Å². The predicted molar refractivity (Wildman–Crippen MR) is 88.4 cm³/mol. The Kier molecular flexibility index (Phi) is 5.09. The van der Waals surface area contributed by atoms with Crippen LogP contribution in [0.5, 0.6) is 0 Å². The number of hydrogen-bond donors (Lipinski definition) is 1. The summed E-state index contributed by atoms with van der Waals surface area (Å²) in [7, 11) is 0. The Morgan fingerprint density at radius 3 is 2.50 bits per heavy atom. The third-order valence-corrected chi connectivity index (χ3v) is 4.44. The van der Waals surface area contributed by atoms with E-state index in [0.29, 0.717) is 6.04 Å². The van der Waals surface area contributed by atoms with Crippen LogP contribution in [-0.4, -0.2) is 18.6 Å². The highest BCUT2D eigenvalue weighted by Crippen LogP contribution is 2.33. The Morgan fingerprint density at radius 1 is 1.30 bits per heavy atom. The fraction of sp³-hybridized carbons (Fsp3) is 0.667. The van der Waals surface area contributed by atoms with E-state index in [0.717, 1.165) is 18.8 Å². The summed E-state index contributed by atoms with van der Waals surface area (Å²) < 4.78 is 0. The maximum atomic E-state index is 6.08. The first-order chi connectivity index (χ1) is 9.51. The number of benzene rings is 1. The molecule has 1 aliphatic rings. The van der Waals surface area contributed by atoms with Gasteiger partial charge in [0.05, 0.1) is 0 Å². The molecule has 20 heavy (non-hydrogen) atoms. The maximum absolute atomic E-state index is 6.08. The van der Waals surface area contributed by atoms with Crippen LogP contribution in [0, 0.1) is 12.8 Å². The van der Waals surface area contributed by atoms with E-state index in [-0.39, 0.29) is 6.04 Å². The zero-order valence-corrected chi connectivity index (χ0v) is 13.5. The van der Waals surface area contributed by atoms with Crippen LogP contribution in [0.1, 0.15) is 51.2 Å². The van der Waals surface area contributed by atoms with E-state index >= 15 is 0 Å². The topological polar surface area (TPSA) is 29.3 Å². The molecule has 0 spiro atoms. The zero-order chi connectivity index (χ0) is 14.7. The van der Waals surface area contributed by atoms with E-state index < -0.39 is 0 Å². The Bertz CT molecular complexity index is 435. The second-order valence-corrected chi connectivity index (χ2v) is 6.67. The molecule has 1 saturated carbocycles. The van der Waals surface area contributed by atoms with Crippen molar-refractivity contribution in [3.05, 3.63) is 29.3 Å². The molecule has 0 aliphatic heterocycles. The van der Waals surface area contributed by atoms with Gasteiger partial charge in [-0.2, -0.15) is 0 Å². The molecule has 1 unspecified atom stereocenters. The summed E-state index contributed by atoms with van der Waals surface area (Å²) in [5.41, 5.74) is 10.2. The lowest BCUT2D eigenvalue weighted by atomic mass is 9.99. The van der Waals surface area contributed by atoms with Gasteiger partial charge in [-0.15, -0.1) is 0 Å². The standard InChI is InChI=1S/C18H30N2/c1-5-17(19)11-16-8-9-18(10-14(16)4)20(13(2)3)12-15-6-7-15/h8-10,13,15,17H,5-7,11-12,19H2,1-4H3. The molecule has 1 aromatic rings. The Hall–Kier alpha value is -1.02. The van der Waals surface area contributed by atoms with Gasteiger partial charge in [-0.3, -0.25) is 0 Å². The van der Waals surface area contributed by atoms with Gasteiger partial charge in [0.25, 0.3) is 0 Å². The summed E-state index contributed by atoms with van der Waals surface area (Å²) >= 11 is 0. The lowest BCUT2D eigenvalue weighted by Crippen LogP contribution is -2.32. The summed E-state index contributed by atoms with van der Waals surface area (Å²) in [4.78, 5) is 2.55. The zero-order valence-electron chi connectivity index (χ0n) is 13.5. The number of aryl methyl sites for hydroxylation is 1. The molecule has 0 heterocycles. The van der Waals surface area contributed by atoms with Crippen LogP contribution < -0.4 is 10.6 Å². The van der Waals surface area contributed by atoms with Crippen molar-refractivity contribution in [3.8, 4) is 0 Å². The van der Waals surface area contributed by atoms with Gasteiger partial charge in [-0.25, -0.2) is 0 Å². The Labute approximate surface area is 124 Å². The summed E-state index contributed by atoms with van der Waals surface area (Å²) in [6, 6.07) is 7.77. The molecule has 1 aromatic carbocycles. The average molecular weight is 274 g/mol. The predicted octanol–water partition coefficient (Wildman–Crippen LogP) is 3.90. The highest BCUT2D eigenvalue weighted by molar-refractivity contribution is 5.51. The van der Waals surface area contributed by atoms with E-state index in [4.69, 9.17) is 5.73 Å². The molecule has 0 saturated heterocycles. The van der Waals surface area contributed by atoms with Crippen molar-refractivity contribution in [1.29, 1.82) is 0 Å². The van der Waals surface area contributed by atoms with Crippen LogP contribution in [-0.2, 0) is 6.42 Å². The first-order valence-electron chi connectivity index (χ1n) is 8.13. The largest absolute Gasteiger partial charge is 0.369 e. The van der Waals surface area contributed by atoms with Crippen molar-refractivity contribution in [3.63, 3.8) is 0 Å². The smallest absolute Gasteiger partial charge is 0.0371 e. The molecular weight excluding hydrogens is 244 g/mol. The monoisotopic (exact) mass is 274 g/mol. The molecule has 0 bridgehead atoms. The number of nitrogens with two attached hydrogens (primary N) is 1. The summed E-state index contributed by atoms with van der Waals surface area (Å²) in [5, 5.41) is 0. The Morgan fingerprint density at radius 2 is 2.00 bits per heavy atom. The molecule has 2 heteroatoms. The lowest BCUT2D eigenvalue weighted by molar-refractivity contribution is 0.639. The number of hydrogen-bond acceptors (Lipinski definition) is 2. The van der Waals surface area contributed by atoms with Gasteiger partial charge in [0.1, 0.15) is 0 Å². The van der Waals surface area contributed by atoms with Gasteiger partial charge in [-0.1, -0.05) is 13.0 Å². The molecule has 2 rings (SSSR count). The summed E-state index contributed by atoms with van der Waals surface area (Å²) in [6.07, 6.45) is 4.85. The first kappa shape index (κ1) is 15.4. The highest BCUT2D eigenvalue weighted by Gasteiger charge is 2.25. The maximum Gasteiger partial charge on any atom is 0.0371 e. The third kappa shape index (κ3) is 3.99. The minimum atomic E-state index is 0.284. The van der Waals surface area contributed by atoms with Crippen molar-refractivity contribution < 1.29 is 0 Å². The van der Waals surface area contributed by atoms with Crippen LogP contribution in [0.4, 0.5) is 5.69 Å². The molecule has 2 N–H and O–H groups in total. The van der Waals surface area contributed by atoms with Gasteiger partial charge in [0.2, 0.25) is 0 Å². The molecule has 1 fully saturated rings. The normalized spacial score (nSPS) is 16.5. The van der Waals surface area contributed by atoms with Gasteiger partial charge in [0.15, 0.2) is 0 Å². The highest BCUT2D eigenvalue weighted by atomic mass is 15.2. The fourth-order valence-corrected chi connectivity index (χ4v) is 2.71. The molecule has 0 aromatic heterocycles. The molecule has 112 valence electrons. The van der Waals surface area contributed by atoms with Gasteiger partial charge < -0.3 is 10.6 Å². The van der Waals surface area contributed by atoms with Crippen LogP contribution >= 0.6 is 0 Å².